The third-order valence-electron chi connectivity index (χ3n) is 2.72. The maximum atomic E-state index is 11.2. The first-order valence-corrected chi connectivity index (χ1v) is 6.47. The number of carboxylic acids is 1. The molecule has 100 valence electrons. The van der Waals surface area contributed by atoms with E-state index in [0.717, 1.165) is 23.3 Å². The van der Waals surface area contributed by atoms with E-state index in [2.05, 4.69) is 5.32 Å². The Bertz CT molecular complexity index is 446. The molecule has 0 aliphatic carbocycles. The molecule has 1 atom stereocenters. The number of carboxylic acid groups (broad SMARTS) is 1. The molecule has 1 aromatic rings. The van der Waals surface area contributed by atoms with E-state index in [0.29, 0.717) is 13.0 Å². The summed E-state index contributed by atoms with van der Waals surface area (Å²) in [6.07, 6.45) is 1.26. The lowest BCUT2D eigenvalue weighted by Crippen LogP contribution is -2.48. The van der Waals surface area contributed by atoms with Crippen LogP contribution in [0.5, 0.6) is 0 Å². The van der Waals surface area contributed by atoms with Crippen LogP contribution >= 0.6 is 11.3 Å². The van der Waals surface area contributed by atoms with Crippen molar-refractivity contribution in [1.82, 2.24) is 5.32 Å². The van der Waals surface area contributed by atoms with E-state index in [-0.39, 0.29) is 5.00 Å². The highest BCUT2D eigenvalue weighted by atomic mass is 32.1. The molecule has 0 saturated carbocycles. The standard InChI is InChI=1S/C11H16N2O4S/c1-3-4-11(2,10(14)15)12-6-8-5-9(13(16)17)18-7-8/h5,7,12H,3-4,6H2,1-2H3,(H,14,15). The molecule has 0 spiro atoms. The van der Waals surface area contributed by atoms with Crippen LogP contribution in [-0.2, 0) is 11.3 Å². The summed E-state index contributed by atoms with van der Waals surface area (Å²) in [5.74, 6) is -0.908. The number of rotatable bonds is 7. The predicted octanol–water partition coefficient (Wildman–Crippen LogP) is 2.39. The summed E-state index contributed by atoms with van der Waals surface area (Å²) in [5, 5.41) is 24.4. The quantitative estimate of drug-likeness (QED) is 0.587. The minimum absolute atomic E-state index is 0.0688. The highest BCUT2D eigenvalue weighted by Crippen LogP contribution is 2.23. The Morgan fingerprint density at radius 3 is 2.78 bits per heavy atom. The van der Waals surface area contributed by atoms with Gasteiger partial charge < -0.3 is 5.11 Å². The van der Waals surface area contributed by atoms with Gasteiger partial charge >= 0.3 is 11.0 Å². The highest BCUT2D eigenvalue weighted by Gasteiger charge is 2.31. The molecule has 1 rings (SSSR count). The largest absolute Gasteiger partial charge is 0.480 e. The summed E-state index contributed by atoms with van der Waals surface area (Å²) < 4.78 is 0. The summed E-state index contributed by atoms with van der Waals surface area (Å²) in [5.41, 5.74) is -0.263. The van der Waals surface area contributed by atoms with Crippen molar-refractivity contribution in [3.63, 3.8) is 0 Å². The van der Waals surface area contributed by atoms with Crippen LogP contribution in [0.4, 0.5) is 5.00 Å². The zero-order valence-electron chi connectivity index (χ0n) is 10.3. The van der Waals surface area contributed by atoms with Gasteiger partial charge in [-0.05, 0) is 18.9 Å². The molecule has 1 unspecified atom stereocenters. The summed E-state index contributed by atoms with van der Waals surface area (Å²) in [6, 6.07) is 1.46. The minimum atomic E-state index is -0.995. The Morgan fingerprint density at radius 1 is 1.67 bits per heavy atom. The smallest absolute Gasteiger partial charge is 0.324 e. The minimum Gasteiger partial charge on any atom is -0.480 e. The molecule has 0 aliphatic heterocycles. The summed E-state index contributed by atoms with van der Waals surface area (Å²) in [6.45, 7) is 3.85. The first kappa shape index (κ1) is 14.6. The molecule has 6 nitrogen and oxygen atoms in total. The van der Waals surface area contributed by atoms with Crippen LogP contribution in [-0.4, -0.2) is 21.5 Å². The first-order chi connectivity index (χ1) is 8.39. The average molecular weight is 272 g/mol. The number of nitrogens with one attached hydrogen (secondary N) is 1. The molecular formula is C11H16N2O4S. The van der Waals surface area contributed by atoms with E-state index in [4.69, 9.17) is 5.11 Å². The Hall–Kier alpha value is -1.47. The highest BCUT2D eigenvalue weighted by molar-refractivity contribution is 7.13. The van der Waals surface area contributed by atoms with Crippen LogP contribution in [0.1, 0.15) is 32.3 Å². The van der Waals surface area contributed by atoms with Gasteiger partial charge in [-0.2, -0.15) is 0 Å². The zero-order chi connectivity index (χ0) is 13.8. The molecule has 1 aromatic heterocycles. The molecule has 0 saturated heterocycles. The first-order valence-electron chi connectivity index (χ1n) is 5.59. The van der Waals surface area contributed by atoms with Gasteiger partial charge in [0.1, 0.15) is 5.54 Å². The van der Waals surface area contributed by atoms with Crippen molar-refractivity contribution < 1.29 is 14.8 Å². The molecule has 0 bridgehead atoms. The number of nitro groups is 1. The zero-order valence-corrected chi connectivity index (χ0v) is 11.1. The van der Waals surface area contributed by atoms with Crippen molar-refractivity contribution in [2.24, 2.45) is 0 Å². The molecule has 0 fully saturated rings. The van der Waals surface area contributed by atoms with Gasteiger partial charge in [-0.25, -0.2) is 0 Å². The fourth-order valence-electron chi connectivity index (χ4n) is 1.62. The van der Waals surface area contributed by atoms with E-state index in [1.165, 1.54) is 6.07 Å². The van der Waals surface area contributed by atoms with Crippen molar-refractivity contribution >= 4 is 22.3 Å². The molecule has 18 heavy (non-hydrogen) atoms. The fourth-order valence-corrected chi connectivity index (χ4v) is 2.35. The van der Waals surface area contributed by atoms with Crippen molar-refractivity contribution in [2.45, 2.75) is 38.8 Å². The molecule has 0 aromatic carbocycles. The lowest BCUT2D eigenvalue weighted by atomic mass is 9.96. The number of carbonyl (C=O) groups is 1. The van der Waals surface area contributed by atoms with Crippen LogP contribution in [0.2, 0.25) is 0 Å². The Labute approximate surface area is 109 Å². The second-order valence-corrected chi connectivity index (χ2v) is 5.18. The van der Waals surface area contributed by atoms with Gasteiger partial charge in [0.05, 0.1) is 4.92 Å². The predicted molar refractivity (Wildman–Crippen MR) is 68.8 cm³/mol. The van der Waals surface area contributed by atoms with Crippen LogP contribution in [0.15, 0.2) is 11.4 Å². The van der Waals surface area contributed by atoms with Gasteiger partial charge in [-0.3, -0.25) is 20.2 Å². The van der Waals surface area contributed by atoms with E-state index in [1.807, 2.05) is 6.92 Å². The van der Waals surface area contributed by atoms with Crippen molar-refractivity contribution in [3.05, 3.63) is 27.1 Å². The van der Waals surface area contributed by atoms with Gasteiger partial charge in [0.25, 0.3) is 0 Å². The summed E-state index contributed by atoms with van der Waals surface area (Å²) in [4.78, 5) is 21.3. The average Bonchev–Trinajstić information content (AvgIpc) is 2.75. The van der Waals surface area contributed by atoms with E-state index >= 15 is 0 Å². The van der Waals surface area contributed by atoms with E-state index in [1.54, 1.807) is 12.3 Å². The van der Waals surface area contributed by atoms with Gasteiger partial charge in [0.2, 0.25) is 0 Å². The van der Waals surface area contributed by atoms with Gasteiger partial charge in [-0.15, -0.1) is 0 Å². The number of aliphatic carboxylic acids is 1. The number of hydrogen-bond donors (Lipinski definition) is 2. The molecule has 0 amide bonds. The maximum absolute atomic E-state index is 11.2. The van der Waals surface area contributed by atoms with Crippen LogP contribution < -0.4 is 5.32 Å². The fraction of sp³-hybridized carbons (Fsp3) is 0.545. The third-order valence-corrected chi connectivity index (χ3v) is 3.65. The second kappa shape index (κ2) is 5.92. The van der Waals surface area contributed by atoms with Crippen molar-refractivity contribution in [3.8, 4) is 0 Å². The van der Waals surface area contributed by atoms with Gasteiger partial charge in [0, 0.05) is 18.0 Å². The topological polar surface area (TPSA) is 92.5 Å². The van der Waals surface area contributed by atoms with Crippen LogP contribution in [0.3, 0.4) is 0 Å². The molecule has 0 aliphatic rings. The summed E-state index contributed by atoms with van der Waals surface area (Å²) >= 11 is 1.04. The molecule has 2 N–H and O–H groups in total. The monoisotopic (exact) mass is 272 g/mol. The number of hydrogen-bond acceptors (Lipinski definition) is 5. The SMILES string of the molecule is CCCC(C)(NCc1csc([N+](=O)[O-])c1)C(=O)O. The lowest BCUT2D eigenvalue weighted by molar-refractivity contribution is -0.380. The molecule has 7 heteroatoms. The summed E-state index contributed by atoms with van der Waals surface area (Å²) in [7, 11) is 0. The lowest BCUT2D eigenvalue weighted by Gasteiger charge is -2.25. The van der Waals surface area contributed by atoms with E-state index < -0.39 is 16.4 Å². The van der Waals surface area contributed by atoms with Crippen LogP contribution in [0.25, 0.3) is 0 Å². The van der Waals surface area contributed by atoms with Gasteiger partial charge in [0.15, 0.2) is 0 Å². The Kier molecular flexibility index (Phi) is 4.80. The number of thiophene rings is 1. The Balaban J connectivity index is 2.67. The normalized spacial score (nSPS) is 14.1. The third kappa shape index (κ3) is 3.51. The Morgan fingerprint density at radius 2 is 2.33 bits per heavy atom. The molecule has 0 radical (unpaired) electrons. The van der Waals surface area contributed by atoms with Gasteiger partial charge in [-0.1, -0.05) is 24.7 Å². The molecule has 1 heterocycles. The van der Waals surface area contributed by atoms with Crippen molar-refractivity contribution in [1.29, 1.82) is 0 Å². The number of nitrogens with zero attached hydrogens (tertiary/aromatic N) is 1. The maximum Gasteiger partial charge on any atom is 0.324 e. The van der Waals surface area contributed by atoms with Crippen molar-refractivity contribution in [2.75, 3.05) is 0 Å². The van der Waals surface area contributed by atoms with Crippen LogP contribution in [0, 0.1) is 10.1 Å². The van der Waals surface area contributed by atoms with E-state index in [9.17, 15) is 14.9 Å². The molecular weight excluding hydrogens is 256 g/mol. The second-order valence-electron chi connectivity index (χ2n) is 4.29.